The molecule has 0 unspecified atom stereocenters. The van der Waals surface area contributed by atoms with Gasteiger partial charge in [0.1, 0.15) is 11.4 Å². The molecule has 1 aliphatic heterocycles. The van der Waals surface area contributed by atoms with Gasteiger partial charge in [-0.05, 0) is 36.8 Å². The number of phenolic OH excluding ortho intramolecular Hbond substituents is 1. The summed E-state index contributed by atoms with van der Waals surface area (Å²) in [7, 11) is 0. The van der Waals surface area contributed by atoms with Gasteiger partial charge < -0.3 is 14.4 Å². The topological polar surface area (TPSA) is 40.8 Å². The van der Waals surface area contributed by atoms with E-state index in [4.69, 9.17) is 0 Å². The molecule has 4 heteroatoms. The number of nitrogens with zero attached hydrogens (tertiary/aromatic N) is 3. The van der Waals surface area contributed by atoms with Crippen molar-refractivity contribution in [3.05, 3.63) is 48.8 Å². The predicted octanol–water partition coefficient (Wildman–Crippen LogP) is 2.92. The molecule has 0 atom stereocenters. The Morgan fingerprint density at radius 2 is 1.85 bits per heavy atom. The Hall–Kier alpha value is -2.49. The normalized spacial score (nSPS) is 14.5. The van der Waals surface area contributed by atoms with Crippen molar-refractivity contribution >= 4 is 11.3 Å². The first-order valence-electron chi connectivity index (χ1n) is 6.83. The largest absolute Gasteiger partial charge is 0.508 e. The maximum atomic E-state index is 9.34. The fourth-order valence-electron chi connectivity index (χ4n) is 2.51. The third kappa shape index (κ3) is 1.81. The fraction of sp³-hybridized carbons (Fsp3) is 0.188. The van der Waals surface area contributed by atoms with Gasteiger partial charge in [-0.15, -0.1) is 0 Å². The number of benzene rings is 1. The number of aromatic hydroxyl groups is 1. The molecule has 0 amide bonds. The van der Waals surface area contributed by atoms with Crippen LogP contribution in [0.5, 0.6) is 5.75 Å². The van der Waals surface area contributed by atoms with Crippen LogP contribution < -0.4 is 4.90 Å². The van der Waals surface area contributed by atoms with Gasteiger partial charge in [-0.1, -0.05) is 0 Å². The zero-order valence-electron chi connectivity index (χ0n) is 11.0. The van der Waals surface area contributed by atoms with E-state index >= 15 is 0 Å². The van der Waals surface area contributed by atoms with Gasteiger partial charge in [0.15, 0.2) is 0 Å². The van der Waals surface area contributed by atoms with Crippen molar-refractivity contribution in [2.75, 3.05) is 18.0 Å². The summed E-state index contributed by atoms with van der Waals surface area (Å²) >= 11 is 0. The maximum absolute atomic E-state index is 9.34. The molecule has 1 aromatic carbocycles. The number of hydrogen-bond donors (Lipinski definition) is 1. The summed E-state index contributed by atoms with van der Waals surface area (Å²) in [5.74, 6) is 0.276. The van der Waals surface area contributed by atoms with Crippen LogP contribution >= 0.6 is 0 Å². The van der Waals surface area contributed by atoms with Crippen molar-refractivity contribution in [2.45, 2.75) is 6.42 Å². The third-order valence-electron chi connectivity index (χ3n) is 3.83. The van der Waals surface area contributed by atoms with Gasteiger partial charge in [0.2, 0.25) is 0 Å². The molecule has 20 heavy (non-hydrogen) atoms. The second kappa shape index (κ2) is 4.27. The average Bonchev–Trinajstić information content (AvgIpc) is 2.80. The lowest BCUT2D eigenvalue weighted by molar-refractivity contribution is 0.475. The molecule has 1 fully saturated rings. The van der Waals surface area contributed by atoms with Crippen LogP contribution in [0.2, 0.25) is 0 Å². The summed E-state index contributed by atoms with van der Waals surface area (Å²) < 4.78 is 2.03. The first-order chi connectivity index (χ1) is 9.79. The molecule has 1 saturated heterocycles. The van der Waals surface area contributed by atoms with Crippen LogP contribution in [0.15, 0.2) is 48.8 Å². The zero-order valence-corrected chi connectivity index (χ0v) is 11.0. The lowest BCUT2D eigenvalue weighted by atomic mass is 10.2. The molecular formula is C16H15N3O. The van der Waals surface area contributed by atoms with E-state index in [1.54, 1.807) is 12.1 Å². The van der Waals surface area contributed by atoms with E-state index in [1.807, 2.05) is 22.7 Å². The molecule has 0 spiro atoms. The monoisotopic (exact) mass is 265 g/mol. The molecule has 0 bridgehead atoms. The lowest BCUT2D eigenvalue weighted by Crippen LogP contribution is -2.36. The predicted molar refractivity (Wildman–Crippen MR) is 79.1 cm³/mol. The summed E-state index contributed by atoms with van der Waals surface area (Å²) in [6.07, 6.45) is 5.35. The Morgan fingerprint density at radius 3 is 2.55 bits per heavy atom. The third-order valence-corrected chi connectivity index (χ3v) is 3.83. The molecule has 4 nitrogen and oxygen atoms in total. The molecule has 4 rings (SSSR count). The standard InChI is InChI=1S/C16H15N3O/c20-14-4-2-12(3-5-14)15-11-19-9-6-13(10-16(19)17-15)18-7-1-8-18/h2-6,9-11,20H,1,7-8H2. The maximum Gasteiger partial charge on any atom is 0.139 e. The van der Waals surface area contributed by atoms with Crippen molar-refractivity contribution < 1.29 is 5.11 Å². The number of phenols is 1. The Kier molecular flexibility index (Phi) is 2.42. The van der Waals surface area contributed by atoms with E-state index in [9.17, 15) is 5.11 Å². The highest BCUT2D eigenvalue weighted by Gasteiger charge is 2.15. The van der Waals surface area contributed by atoms with Crippen LogP contribution in [0.1, 0.15) is 6.42 Å². The molecule has 2 aromatic heterocycles. The van der Waals surface area contributed by atoms with Crippen molar-refractivity contribution in [1.29, 1.82) is 0 Å². The van der Waals surface area contributed by atoms with E-state index < -0.39 is 0 Å². The van der Waals surface area contributed by atoms with Crippen LogP contribution in [0.4, 0.5) is 5.69 Å². The second-order valence-corrected chi connectivity index (χ2v) is 5.16. The molecule has 3 heterocycles. The number of aromatic nitrogens is 2. The molecule has 1 N–H and O–H groups in total. The zero-order chi connectivity index (χ0) is 13.5. The molecular weight excluding hydrogens is 250 g/mol. The minimum atomic E-state index is 0.276. The van der Waals surface area contributed by atoms with Crippen LogP contribution in [0.3, 0.4) is 0 Å². The van der Waals surface area contributed by atoms with E-state index in [2.05, 4.69) is 28.2 Å². The quantitative estimate of drug-likeness (QED) is 0.774. The molecule has 0 aliphatic carbocycles. The molecule has 0 saturated carbocycles. The summed E-state index contributed by atoms with van der Waals surface area (Å²) in [5.41, 5.74) is 4.13. The first kappa shape index (κ1) is 11.3. The van der Waals surface area contributed by atoms with Gasteiger partial charge in [0, 0.05) is 42.8 Å². The van der Waals surface area contributed by atoms with E-state index in [0.29, 0.717) is 0 Å². The minimum Gasteiger partial charge on any atom is -0.508 e. The molecule has 3 aromatic rings. The lowest BCUT2D eigenvalue weighted by Gasteiger charge is -2.33. The second-order valence-electron chi connectivity index (χ2n) is 5.16. The Morgan fingerprint density at radius 1 is 1.05 bits per heavy atom. The van der Waals surface area contributed by atoms with Crippen LogP contribution in [0, 0.1) is 0 Å². The number of pyridine rings is 1. The Balaban J connectivity index is 1.76. The fourth-order valence-corrected chi connectivity index (χ4v) is 2.51. The number of rotatable bonds is 2. The van der Waals surface area contributed by atoms with Crippen LogP contribution in [-0.4, -0.2) is 27.6 Å². The van der Waals surface area contributed by atoms with Gasteiger partial charge in [0.05, 0.1) is 5.69 Å². The highest BCUT2D eigenvalue weighted by atomic mass is 16.3. The number of imidazole rings is 1. The SMILES string of the molecule is Oc1ccc(-c2cn3ccc(N4CCC4)cc3n2)cc1. The van der Waals surface area contributed by atoms with Crippen molar-refractivity contribution in [1.82, 2.24) is 9.38 Å². The Labute approximate surface area is 116 Å². The summed E-state index contributed by atoms with van der Waals surface area (Å²) in [4.78, 5) is 7.02. The highest BCUT2D eigenvalue weighted by molar-refractivity contribution is 5.66. The van der Waals surface area contributed by atoms with Gasteiger partial charge in [-0.3, -0.25) is 0 Å². The summed E-state index contributed by atoms with van der Waals surface area (Å²) in [6, 6.07) is 11.4. The number of hydrogen-bond acceptors (Lipinski definition) is 3. The van der Waals surface area contributed by atoms with Crippen LogP contribution in [0.25, 0.3) is 16.9 Å². The van der Waals surface area contributed by atoms with Gasteiger partial charge >= 0.3 is 0 Å². The highest BCUT2D eigenvalue weighted by Crippen LogP contribution is 2.25. The van der Waals surface area contributed by atoms with Gasteiger partial charge in [0.25, 0.3) is 0 Å². The first-order valence-corrected chi connectivity index (χ1v) is 6.83. The van der Waals surface area contributed by atoms with Crippen molar-refractivity contribution in [3.63, 3.8) is 0 Å². The summed E-state index contributed by atoms with van der Waals surface area (Å²) in [6.45, 7) is 2.28. The summed E-state index contributed by atoms with van der Waals surface area (Å²) in [5, 5.41) is 9.34. The van der Waals surface area contributed by atoms with Gasteiger partial charge in [-0.25, -0.2) is 4.98 Å². The van der Waals surface area contributed by atoms with E-state index in [0.717, 1.165) is 30.0 Å². The Bertz CT molecular complexity index is 757. The molecule has 100 valence electrons. The molecule has 0 radical (unpaired) electrons. The van der Waals surface area contributed by atoms with E-state index in [1.165, 1.54) is 12.1 Å². The smallest absolute Gasteiger partial charge is 0.139 e. The van der Waals surface area contributed by atoms with E-state index in [-0.39, 0.29) is 5.75 Å². The van der Waals surface area contributed by atoms with Gasteiger partial charge in [-0.2, -0.15) is 0 Å². The van der Waals surface area contributed by atoms with Crippen molar-refractivity contribution in [3.8, 4) is 17.0 Å². The van der Waals surface area contributed by atoms with Crippen LogP contribution in [-0.2, 0) is 0 Å². The minimum absolute atomic E-state index is 0.276. The number of anilines is 1. The number of fused-ring (bicyclic) bond motifs is 1. The molecule has 1 aliphatic rings. The van der Waals surface area contributed by atoms with Crippen molar-refractivity contribution in [2.24, 2.45) is 0 Å². The average molecular weight is 265 g/mol.